The lowest BCUT2D eigenvalue weighted by atomic mass is 9.93. The van der Waals surface area contributed by atoms with Crippen molar-refractivity contribution in [2.45, 2.75) is 52.2 Å². The molecule has 1 aliphatic heterocycles. The zero-order valence-electron chi connectivity index (χ0n) is 17.1. The Morgan fingerprint density at radius 1 is 1.07 bits per heavy atom. The molecule has 2 unspecified atom stereocenters. The molecule has 0 radical (unpaired) electrons. The first kappa shape index (κ1) is 18.1. The number of benzene rings is 2. The summed E-state index contributed by atoms with van der Waals surface area (Å²) in [7, 11) is 3.98. The number of aromatic nitrogens is 1. The van der Waals surface area contributed by atoms with E-state index >= 15 is 0 Å². The lowest BCUT2D eigenvalue weighted by Crippen LogP contribution is -2.38. The monoisotopic (exact) mass is 362 g/mol. The molecule has 0 saturated heterocycles. The molecule has 0 amide bonds. The zero-order valence-corrected chi connectivity index (χ0v) is 17.1. The molecule has 0 saturated carbocycles. The van der Waals surface area contributed by atoms with Gasteiger partial charge in [0.2, 0.25) is 0 Å². The van der Waals surface area contributed by atoms with Crippen molar-refractivity contribution in [2.24, 2.45) is 0 Å². The minimum atomic E-state index is 0.454. The molecule has 0 aliphatic carbocycles. The molecule has 4 rings (SSSR count). The molecule has 3 aromatic rings. The molecule has 142 valence electrons. The molecule has 0 N–H and O–H groups in total. The third kappa shape index (κ3) is 3.04. The van der Waals surface area contributed by atoms with E-state index < -0.39 is 0 Å². The van der Waals surface area contributed by atoms with E-state index in [1.165, 1.54) is 33.3 Å². The van der Waals surface area contributed by atoms with E-state index in [-0.39, 0.29) is 0 Å². The number of ether oxygens (including phenoxy) is 1. The first-order chi connectivity index (χ1) is 13.0. The zero-order chi connectivity index (χ0) is 19.1. The van der Waals surface area contributed by atoms with Gasteiger partial charge in [0.05, 0.1) is 12.6 Å². The van der Waals surface area contributed by atoms with Crippen LogP contribution in [0.2, 0.25) is 0 Å². The highest BCUT2D eigenvalue weighted by molar-refractivity contribution is 5.89. The van der Waals surface area contributed by atoms with Crippen molar-refractivity contribution < 1.29 is 4.74 Å². The number of fused-ring (bicyclic) bond motifs is 3. The molecule has 3 heteroatoms. The van der Waals surface area contributed by atoms with Crippen molar-refractivity contribution in [3.05, 3.63) is 64.8 Å². The van der Waals surface area contributed by atoms with E-state index in [1.807, 2.05) is 0 Å². The molecular formula is C24H30N2O. The molecule has 1 aliphatic rings. The van der Waals surface area contributed by atoms with Gasteiger partial charge in [-0.3, -0.25) is 4.90 Å². The van der Waals surface area contributed by atoms with Gasteiger partial charge in [0, 0.05) is 36.1 Å². The van der Waals surface area contributed by atoms with Crippen LogP contribution in [0.15, 0.2) is 42.5 Å². The average molecular weight is 363 g/mol. The van der Waals surface area contributed by atoms with Crippen LogP contribution in [-0.2, 0) is 19.4 Å². The Kier molecular flexibility index (Phi) is 4.73. The number of likely N-dealkylation sites (N-methyl/N-ethyl adjacent to an activating group) is 1. The van der Waals surface area contributed by atoms with E-state index in [9.17, 15) is 0 Å². The largest absolute Gasteiger partial charge is 0.497 e. The fourth-order valence-electron chi connectivity index (χ4n) is 4.65. The quantitative estimate of drug-likeness (QED) is 0.639. The molecule has 0 bridgehead atoms. The summed E-state index contributed by atoms with van der Waals surface area (Å²) in [5.74, 6) is 0.920. The summed E-state index contributed by atoms with van der Waals surface area (Å²) in [6, 6.07) is 16.3. The van der Waals surface area contributed by atoms with Gasteiger partial charge in [-0.1, -0.05) is 30.3 Å². The van der Waals surface area contributed by atoms with E-state index in [0.29, 0.717) is 12.1 Å². The number of para-hydroxylation sites is 1. The fourth-order valence-corrected chi connectivity index (χ4v) is 4.65. The van der Waals surface area contributed by atoms with Gasteiger partial charge in [-0.15, -0.1) is 0 Å². The second-order valence-electron chi connectivity index (χ2n) is 7.98. The van der Waals surface area contributed by atoms with Crippen LogP contribution in [-0.4, -0.2) is 29.7 Å². The second kappa shape index (κ2) is 7.05. The van der Waals surface area contributed by atoms with Gasteiger partial charge in [0.1, 0.15) is 5.75 Å². The number of hydrogen-bond donors (Lipinski definition) is 0. The van der Waals surface area contributed by atoms with Crippen LogP contribution in [0.1, 0.15) is 42.3 Å². The van der Waals surface area contributed by atoms with Crippen molar-refractivity contribution >= 4 is 10.9 Å². The summed E-state index contributed by atoms with van der Waals surface area (Å²) in [6.45, 7) is 7.96. The van der Waals surface area contributed by atoms with Gasteiger partial charge >= 0.3 is 0 Å². The van der Waals surface area contributed by atoms with E-state index in [4.69, 9.17) is 4.74 Å². The highest BCUT2D eigenvalue weighted by Crippen LogP contribution is 2.40. The topological polar surface area (TPSA) is 17.4 Å². The number of methoxy groups -OCH3 is 1. The SMILES string of the molecule is COc1ccc(CCn2c3c(c4cccc(C)c42)C(C)N(C)C(C)C3)cc1. The molecule has 1 aromatic heterocycles. The molecule has 2 heterocycles. The van der Waals surface area contributed by atoms with Crippen molar-refractivity contribution in [1.82, 2.24) is 9.47 Å². The van der Waals surface area contributed by atoms with Gasteiger partial charge < -0.3 is 9.30 Å². The smallest absolute Gasteiger partial charge is 0.118 e. The minimum Gasteiger partial charge on any atom is -0.497 e. The van der Waals surface area contributed by atoms with Crippen LogP contribution >= 0.6 is 0 Å². The summed E-state index contributed by atoms with van der Waals surface area (Å²) < 4.78 is 7.89. The first-order valence-electron chi connectivity index (χ1n) is 9.96. The molecule has 0 spiro atoms. The summed E-state index contributed by atoms with van der Waals surface area (Å²) in [6.07, 6.45) is 2.15. The normalized spacial score (nSPS) is 20.0. The van der Waals surface area contributed by atoms with Crippen LogP contribution in [0.5, 0.6) is 5.75 Å². The lowest BCUT2D eigenvalue weighted by Gasteiger charge is -2.36. The third-order valence-corrected chi connectivity index (χ3v) is 6.43. The molecule has 27 heavy (non-hydrogen) atoms. The predicted octanol–water partition coefficient (Wildman–Crippen LogP) is 5.14. The summed E-state index contributed by atoms with van der Waals surface area (Å²) in [5.41, 5.74) is 7.22. The Labute approximate surface area is 162 Å². The lowest BCUT2D eigenvalue weighted by molar-refractivity contribution is 0.177. The highest BCUT2D eigenvalue weighted by atomic mass is 16.5. The first-order valence-corrected chi connectivity index (χ1v) is 9.96. The van der Waals surface area contributed by atoms with Gasteiger partial charge in [-0.25, -0.2) is 0 Å². The van der Waals surface area contributed by atoms with E-state index in [0.717, 1.165) is 25.1 Å². The van der Waals surface area contributed by atoms with Crippen LogP contribution < -0.4 is 4.74 Å². The second-order valence-corrected chi connectivity index (χ2v) is 7.98. The average Bonchev–Trinajstić information content (AvgIpc) is 2.99. The molecule has 0 fully saturated rings. The van der Waals surface area contributed by atoms with Gasteiger partial charge in [-0.05, 0) is 63.1 Å². The Morgan fingerprint density at radius 3 is 2.52 bits per heavy atom. The van der Waals surface area contributed by atoms with Crippen LogP contribution in [0, 0.1) is 6.92 Å². The maximum Gasteiger partial charge on any atom is 0.118 e. The Hall–Kier alpha value is -2.26. The molecular weight excluding hydrogens is 332 g/mol. The fraction of sp³-hybridized carbons (Fsp3) is 0.417. The summed E-state index contributed by atoms with van der Waals surface area (Å²) in [4.78, 5) is 2.51. The van der Waals surface area contributed by atoms with Crippen LogP contribution in [0.4, 0.5) is 0 Å². The van der Waals surface area contributed by atoms with Crippen molar-refractivity contribution in [1.29, 1.82) is 0 Å². The van der Waals surface area contributed by atoms with E-state index in [2.05, 4.69) is 79.8 Å². The minimum absolute atomic E-state index is 0.454. The predicted molar refractivity (Wildman–Crippen MR) is 113 cm³/mol. The Bertz CT molecular complexity index is 955. The van der Waals surface area contributed by atoms with Crippen LogP contribution in [0.3, 0.4) is 0 Å². The number of hydrogen-bond acceptors (Lipinski definition) is 2. The summed E-state index contributed by atoms with van der Waals surface area (Å²) >= 11 is 0. The van der Waals surface area contributed by atoms with E-state index in [1.54, 1.807) is 7.11 Å². The van der Waals surface area contributed by atoms with Crippen molar-refractivity contribution in [2.75, 3.05) is 14.2 Å². The van der Waals surface area contributed by atoms with Gasteiger partial charge in [-0.2, -0.15) is 0 Å². The highest BCUT2D eigenvalue weighted by Gasteiger charge is 2.32. The Morgan fingerprint density at radius 2 is 1.81 bits per heavy atom. The molecule has 3 nitrogen and oxygen atoms in total. The molecule has 2 aromatic carbocycles. The number of nitrogens with zero attached hydrogens (tertiary/aromatic N) is 2. The molecule has 2 atom stereocenters. The maximum atomic E-state index is 5.29. The van der Waals surface area contributed by atoms with Crippen molar-refractivity contribution in [3.63, 3.8) is 0 Å². The number of rotatable bonds is 4. The van der Waals surface area contributed by atoms with Crippen molar-refractivity contribution in [3.8, 4) is 5.75 Å². The number of aryl methyl sites for hydroxylation is 3. The Balaban J connectivity index is 1.76. The maximum absolute atomic E-state index is 5.29. The van der Waals surface area contributed by atoms with Gasteiger partial charge in [0.25, 0.3) is 0 Å². The van der Waals surface area contributed by atoms with Gasteiger partial charge in [0.15, 0.2) is 0 Å². The standard InChI is InChI=1S/C24H30N2O/c1-16-7-6-8-21-23-18(3)25(4)17(2)15-22(23)26(24(16)21)14-13-19-9-11-20(27-5)12-10-19/h6-12,17-18H,13-15H2,1-5H3. The third-order valence-electron chi connectivity index (χ3n) is 6.43. The van der Waals surface area contributed by atoms with Crippen LogP contribution in [0.25, 0.3) is 10.9 Å². The summed E-state index contributed by atoms with van der Waals surface area (Å²) in [5, 5.41) is 1.44.